The van der Waals surface area contributed by atoms with Crippen LogP contribution in [0.1, 0.15) is 30.1 Å². The molecule has 0 saturated carbocycles. The van der Waals surface area contributed by atoms with E-state index in [1.807, 2.05) is 6.92 Å². The van der Waals surface area contributed by atoms with E-state index in [0.717, 1.165) is 17.0 Å². The zero-order valence-corrected chi connectivity index (χ0v) is 15.5. The van der Waals surface area contributed by atoms with Gasteiger partial charge in [0.05, 0.1) is 19.6 Å². The highest BCUT2D eigenvalue weighted by Gasteiger charge is 2.21. The maximum Gasteiger partial charge on any atom is 0.307 e. The zero-order valence-electron chi connectivity index (χ0n) is 14.0. The topological polar surface area (TPSA) is 77.4 Å². The van der Waals surface area contributed by atoms with E-state index >= 15 is 0 Å². The lowest BCUT2D eigenvalue weighted by molar-refractivity contribution is -0.141. The smallest absolute Gasteiger partial charge is 0.307 e. The van der Waals surface area contributed by atoms with Gasteiger partial charge < -0.3 is 14.6 Å². The van der Waals surface area contributed by atoms with E-state index in [1.54, 1.807) is 34.2 Å². The minimum Gasteiger partial charge on any atom is -0.469 e. The van der Waals surface area contributed by atoms with Gasteiger partial charge in [-0.1, -0.05) is 41.1 Å². The van der Waals surface area contributed by atoms with Crippen LogP contribution in [-0.4, -0.2) is 23.6 Å². The molecule has 0 fully saturated rings. The fraction of sp³-hybridized carbons (Fsp3) is 0.353. The molecule has 8 heteroatoms. The van der Waals surface area contributed by atoms with Gasteiger partial charge in [-0.3, -0.25) is 14.4 Å². The van der Waals surface area contributed by atoms with Crippen molar-refractivity contribution in [3.05, 3.63) is 55.6 Å². The van der Waals surface area contributed by atoms with Gasteiger partial charge in [-0.15, -0.1) is 0 Å². The molecule has 6 nitrogen and oxygen atoms in total. The van der Waals surface area contributed by atoms with Gasteiger partial charge in [0.2, 0.25) is 5.91 Å². The first-order valence-electron chi connectivity index (χ1n) is 7.68. The van der Waals surface area contributed by atoms with E-state index in [4.69, 9.17) is 16.3 Å². The maximum absolute atomic E-state index is 12.3. The molecule has 0 aliphatic rings. The fourth-order valence-electron chi connectivity index (χ4n) is 2.40. The number of carbonyl (C=O) groups is 2. The van der Waals surface area contributed by atoms with Crippen LogP contribution >= 0.6 is 22.9 Å². The van der Waals surface area contributed by atoms with Gasteiger partial charge in [-0.2, -0.15) is 0 Å². The minimum atomic E-state index is -0.589. The number of benzene rings is 1. The molecule has 0 saturated heterocycles. The number of halogens is 1. The largest absolute Gasteiger partial charge is 0.469 e. The molecule has 0 spiro atoms. The molecule has 1 aromatic carbocycles. The highest BCUT2D eigenvalue weighted by Crippen LogP contribution is 2.25. The van der Waals surface area contributed by atoms with E-state index in [1.165, 1.54) is 7.11 Å². The summed E-state index contributed by atoms with van der Waals surface area (Å²) in [4.78, 5) is 35.6. The second-order valence-corrected chi connectivity index (χ2v) is 6.69. The van der Waals surface area contributed by atoms with Gasteiger partial charge in [-0.25, -0.2) is 0 Å². The second kappa shape index (κ2) is 8.82. The molecule has 2 aromatic rings. The number of ether oxygens (including phenoxy) is 1. The number of carbonyl (C=O) groups excluding carboxylic acids is 2. The van der Waals surface area contributed by atoms with Crippen molar-refractivity contribution in [1.29, 1.82) is 0 Å². The van der Waals surface area contributed by atoms with Crippen LogP contribution in [0.5, 0.6) is 0 Å². The molecule has 0 radical (unpaired) electrons. The van der Waals surface area contributed by atoms with Crippen molar-refractivity contribution < 1.29 is 14.3 Å². The number of nitrogens with zero attached hydrogens (tertiary/aromatic N) is 1. The summed E-state index contributed by atoms with van der Waals surface area (Å²) in [6.45, 7) is 2.10. The number of amides is 1. The molecule has 25 heavy (non-hydrogen) atoms. The zero-order chi connectivity index (χ0) is 18.4. The van der Waals surface area contributed by atoms with Gasteiger partial charge in [0, 0.05) is 29.1 Å². The lowest BCUT2D eigenvalue weighted by Crippen LogP contribution is -2.32. The first kappa shape index (κ1) is 19.2. The Hall–Kier alpha value is -2.12. The summed E-state index contributed by atoms with van der Waals surface area (Å²) >= 11 is 7.29. The number of rotatable bonds is 7. The third kappa shape index (κ3) is 5.17. The van der Waals surface area contributed by atoms with Crippen molar-refractivity contribution in [2.45, 2.75) is 32.4 Å². The number of hydrogen-bond donors (Lipinski definition) is 1. The van der Waals surface area contributed by atoms with Crippen molar-refractivity contribution in [3.63, 3.8) is 0 Å². The predicted octanol–water partition coefficient (Wildman–Crippen LogP) is 2.68. The van der Waals surface area contributed by atoms with Gasteiger partial charge >= 0.3 is 10.8 Å². The van der Waals surface area contributed by atoms with Gasteiger partial charge in [-0.05, 0) is 18.6 Å². The van der Waals surface area contributed by atoms with E-state index in [-0.39, 0.29) is 30.2 Å². The predicted molar refractivity (Wildman–Crippen MR) is 96.9 cm³/mol. The number of aryl methyl sites for hydroxylation is 1. The van der Waals surface area contributed by atoms with Crippen LogP contribution in [0.15, 0.2) is 34.4 Å². The number of nitrogens with one attached hydrogen (secondary N) is 1. The molecule has 1 N–H and O–H groups in total. The number of methoxy groups -OCH3 is 1. The third-order valence-electron chi connectivity index (χ3n) is 3.75. The Labute approximate surface area is 154 Å². The van der Waals surface area contributed by atoms with Crippen LogP contribution < -0.4 is 10.2 Å². The molecule has 0 bridgehead atoms. The molecule has 2 rings (SSSR count). The van der Waals surface area contributed by atoms with Gasteiger partial charge in [0.1, 0.15) is 0 Å². The molecule has 1 amide bonds. The Bertz CT molecular complexity index is 815. The van der Waals surface area contributed by atoms with Gasteiger partial charge in [0.25, 0.3) is 0 Å². The molecule has 0 unspecified atom stereocenters. The molecule has 0 aliphatic carbocycles. The first-order valence-corrected chi connectivity index (χ1v) is 8.93. The van der Waals surface area contributed by atoms with Crippen LogP contribution in [0, 0.1) is 6.92 Å². The molecule has 1 atom stereocenters. The summed E-state index contributed by atoms with van der Waals surface area (Å²) in [5, 5.41) is 5.02. The SMILES string of the molecule is COC(=O)C[C@H](NC(=O)CCn1c(C)csc1=O)c1ccccc1Cl. The Morgan fingerprint density at radius 3 is 2.68 bits per heavy atom. The average Bonchev–Trinajstić information content (AvgIpc) is 2.91. The monoisotopic (exact) mass is 382 g/mol. The second-order valence-electron chi connectivity index (χ2n) is 5.47. The summed E-state index contributed by atoms with van der Waals surface area (Å²) in [5.74, 6) is -0.721. The highest BCUT2D eigenvalue weighted by molar-refractivity contribution is 7.07. The molecule has 1 aromatic heterocycles. The lowest BCUT2D eigenvalue weighted by Gasteiger charge is -2.19. The van der Waals surface area contributed by atoms with E-state index in [9.17, 15) is 14.4 Å². The van der Waals surface area contributed by atoms with Crippen molar-refractivity contribution in [2.24, 2.45) is 0 Å². The third-order valence-corrected chi connectivity index (χ3v) is 4.98. The molecular weight excluding hydrogens is 364 g/mol. The quantitative estimate of drug-likeness (QED) is 0.747. The Balaban J connectivity index is 2.08. The van der Waals surface area contributed by atoms with Crippen LogP contribution in [0.3, 0.4) is 0 Å². The highest BCUT2D eigenvalue weighted by atomic mass is 35.5. The van der Waals surface area contributed by atoms with Crippen LogP contribution in [0.25, 0.3) is 0 Å². The first-order chi connectivity index (χ1) is 11.9. The Morgan fingerprint density at radius 1 is 1.36 bits per heavy atom. The summed E-state index contributed by atoms with van der Waals surface area (Å²) < 4.78 is 6.25. The Kier molecular flexibility index (Phi) is 6.78. The Morgan fingerprint density at radius 2 is 2.08 bits per heavy atom. The maximum atomic E-state index is 12.3. The van der Waals surface area contributed by atoms with Crippen molar-refractivity contribution >= 4 is 34.8 Å². The van der Waals surface area contributed by atoms with Crippen LogP contribution in [-0.2, 0) is 20.9 Å². The van der Waals surface area contributed by atoms with Crippen molar-refractivity contribution in [2.75, 3.05) is 7.11 Å². The standard InChI is InChI=1S/C17H19ClN2O4S/c1-11-10-25-17(23)20(11)8-7-15(21)19-14(9-16(22)24-2)12-5-3-4-6-13(12)18/h3-6,10,14H,7-9H2,1-2H3,(H,19,21)/t14-/m0/s1. The summed E-state index contributed by atoms with van der Waals surface area (Å²) in [6, 6.07) is 6.42. The van der Waals surface area contributed by atoms with Gasteiger partial charge in [0.15, 0.2) is 0 Å². The summed E-state index contributed by atoms with van der Waals surface area (Å²) in [5.41, 5.74) is 1.46. The summed E-state index contributed by atoms with van der Waals surface area (Å²) in [6.07, 6.45) is 0.100. The fourth-order valence-corrected chi connectivity index (χ4v) is 3.43. The van der Waals surface area contributed by atoms with E-state index in [2.05, 4.69) is 5.32 Å². The minimum absolute atomic E-state index is 0.0244. The van der Waals surface area contributed by atoms with E-state index in [0.29, 0.717) is 10.6 Å². The lowest BCUT2D eigenvalue weighted by atomic mass is 10.0. The molecule has 0 aliphatic heterocycles. The summed E-state index contributed by atoms with van der Waals surface area (Å²) in [7, 11) is 1.29. The van der Waals surface area contributed by atoms with Crippen LogP contribution in [0.4, 0.5) is 0 Å². The van der Waals surface area contributed by atoms with Crippen molar-refractivity contribution in [3.8, 4) is 0 Å². The van der Waals surface area contributed by atoms with Crippen molar-refractivity contribution in [1.82, 2.24) is 9.88 Å². The number of aromatic nitrogens is 1. The normalized spacial score (nSPS) is 11.8. The number of thiazole rings is 1. The number of hydrogen-bond acceptors (Lipinski definition) is 5. The average molecular weight is 383 g/mol. The number of esters is 1. The van der Waals surface area contributed by atoms with Crippen LogP contribution in [0.2, 0.25) is 5.02 Å². The molecule has 1 heterocycles. The molecular formula is C17H19ClN2O4S. The molecule has 134 valence electrons. The van der Waals surface area contributed by atoms with E-state index < -0.39 is 12.0 Å².